The maximum Gasteiger partial charge on any atom is 0.409 e. The van der Waals surface area contributed by atoms with Gasteiger partial charge in [-0.25, -0.2) is 4.79 Å². The first-order valence-electron chi connectivity index (χ1n) is 10.3. The molecule has 2 fully saturated rings. The molecule has 27 heavy (non-hydrogen) atoms. The van der Waals surface area contributed by atoms with Crippen LogP contribution in [0, 0.1) is 0 Å². The molecule has 1 aliphatic carbocycles. The molecule has 6 nitrogen and oxygen atoms in total. The van der Waals surface area contributed by atoms with Gasteiger partial charge < -0.3 is 25.4 Å². The zero-order valence-electron chi connectivity index (χ0n) is 16.1. The third-order valence-electron chi connectivity index (χ3n) is 6.65. The predicted octanol–water partition coefficient (Wildman–Crippen LogP) is 1.93. The van der Waals surface area contributed by atoms with E-state index in [4.69, 9.17) is 4.74 Å². The van der Waals surface area contributed by atoms with Gasteiger partial charge in [0.05, 0.1) is 18.8 Å². The van der Waals surface area contributed by atoms with E-state index in [9.17, 15) is 9.90 Å². The van der Waals surface area contributed by atoms with E-state index >= 15 is 0 Å². The van der Waals surface area contributed by atoms with Gasteiger partial charge in [0.25, 0.3) is 0 Å². The summed E-state index contributed by atoms with van der Waals surface area (Å²) < 4.78 is 5.11. The summed E-state index contributed by atoms with van der Waals surface area (Å²) in [6, 6.07) is 8.81. The highest BCUT2D eigenvalue weighted by Gasteiger charge is 2.51. The van der Waals surface area contributed by atoms with Crippen LogP contribution in [0.4, 0.5) is 4.79 Å². The summed E-state index contributed by atoms with van der Waals surface area (Å²) in [5, 5.41) is 18.5. The Morgan fingerprint density at radius 1 is 1.30 bits per heavy atom. The smallest absolute Gasteiger partial charge is 0.409 e. The molecule has 2 heterocycles. The van der Waals surface area contributed by atoms with Gasteiger partial charge in [0, 0.05) is 24.5 Å². The van der Waals surface area contributed by atoms with E-state index in [1.807, 2.05) is 6.92 Å². The summed E-state index contributed by atoms with van der Waals surface area (Å²) in [7, 11) is 0. The van der Waals surface area contributed by atoms with Crippen LogP contribution in [0.25, 0.3) is 0 Å². The van der Waals surface area contributed by atoms with Crippen LogP contribution in [0.1, 0.15) is 49.8 Å². The minimum absolute atomic E-state index is 0.0292. The number of hydrogen-bond acceptors (Lipinski definition) is 5. The zero-order valence-corrected chi connectivity index (χ0v) is 16.1. The minimum atomic E-state index is -0.403. The lowest BCUT2D eigenvalue weighted by Crippen LogP contribution is -2.51. The molecule has 6 heteroatoms. The maximum atomic E-state index is 11.9. The van der Waals surface area contributed by atoms with Crippen molar-refractivity contribution in [2.45, 2.75) is 56.2 Å². The number of aliphatic hydroxyl groups is 1. The number of fused-ring (bicyclic) bond motifs is 2. The normalized spacial score (nSPS) is 27.6. The Hall–Kier alpha value is -1.63. The van der Waals surface area contributed by atoms with Crippen LogP contribution in [-0.2, 0) is 10.2 Å². The highest BCUT2D eigenvalue weighted by atomic mass is 16.6. The molecule has 1 spiro atoms. The van der Waals surface area contributed by atoms with Gasteiger partial charge in [-0.15, -0.1) is 0 Å². The number of carbonyl (C=O) groups excluding carboxylic acids is 1. The molecule has 0 aromatic heterocycles. The summed E-state index contributed by atoms with van der Waals surface area (Å²) in [5.74, 6) is 0. The van der Waals surface area contributed by atoms with Gasteiger partial charge in [0.2, 0.25) is 0 Å². The van der Waals surface area contributed by atoms with Crippen LogP contribution in [0.3, 0.4) is 0 Å². The average molecular weight is 373 g/mol. The van der Waals surface area contributed by atoms with Gasteiger partial charge in [-0.3, -0.25) is 0 Å². The Labute approximate surface area is 161 Å². The molecule has 0 bridgehead atoms. The molecule has 2 saturated heterocycles. The SMILES string of the molecule is CCOC(=O)N1CCC(N[C@@H]2c3ccccc3C3(CCNCC3)[C@H]2O)CC1. The average Bonchev–Trinajstić information content (AvgIpc) is 2.92. The van der Waals surface area contributed by atoms with Crippen LogP contribution in [-0.4, -0.2) is 61.0 Å². The Morgan fingerprint density at radius 2 is 2.00 bits per heavy atom. The van der Waals surface area contributed by atoms with Crippen molar-refractivity contribution in [2.75, 3.05) is 32.8 Å². The van der Waals surface area contributed by atoms with Gasteiger partial charge in [-0.1, -0.05) is 24.3 Å². The molecule has 2 aliphatic heterocycles. The van der Waals surface area contributed by atoms with E-state index in [1.165, 1.54) is 11.1 Å². The number of amides is 1. The van der Waals surface area contributed by atoms with Crippen molar-refractivity contribution < 1.29 is 14.6 Å². The molecule has 3 aliphatic rings. The first-order valence-corrected chi connectivity index (χ1v) is 10.3. The summed E-state index contributed by atoms with van der Waals surface area (Å²) in [4.78, 5) is 13.7. The molecular weight excluding hydrogens is 342 g/mol. The number of nitrogens with one attached hydrogen (secondary N) is 2. The number of ether oxygens (including phenoxy) is 1. The quantitative estimate of drug-likeness (QED) is 0.755. The van der Waals surface area contributed by atoms with Crippen molar-refractivity contribution in [3.05, 3.63) is 35.4 Å². The fourth-order valence-electron chi connectivity index (χ4n) is 5.19. The molecule has 1 aromatic rings. The lowest BCUT2D eigenvalue weighted by molar-refractivity contribution is 0.0366. The van der Waals surface area contributed by atoms with E-state index in [-0.39, 0.29) is 17.6 Å². The van der Waals surface area contributed by atoms with Gasteiger partial charge in [-0.05, 0) is 56.8 Å². The van der Waals surface area contributed by atoms with Crippen molar-refractivity contribution >= 4 is 6.09 Å². The summed E-state index contributed by atoms with van der Waals surface area (Å²) in [5.41, 5.74) is 2.44. The van der Waals surface area contributed by atoms with Crippen molar-refractivity contribution in [2.24, 2.45) is 0 Å². The number of rotatable bonds is 3. The lowest BCUT2D eigenvalue weighted by atomic mass is 9.72. The molecule has 0 saturated carbocycles. The molecule has 148 valence electrons. The molecule has 0 unspecified atom stereocenters. The third kappa shape index (κ3) is 3.35. The molecule has 3 N–H and O–H groups in total. The Balaban J connectivity index is 1.46. The number of likely N-dealkylation sites (tertiary alicyclic amines) is 1. The van der Waals surface area contributed by atoms with Gasteiger partial charge >= 0.3 is 6.09 Å². The number of benzene rings is 1. The zero-order chi connectivity index (χ0) is 18.9. The van der Waals surface area contributed by atoms with E-state index in [2.05, 4.69) is 34.9 Å². The van der Waals surface area contributed by atoms with Gasteiger partial charge in [0.15, 0.2) is 0 Å². The topological polar surface area (TPSA) is 73.8 Å². The second kappa shape index (κ2) is 7.78. The highest BCUT2D eigenvalue weighted by Crippen LogP contribution is 2.50. The van der Waals surface area contributed by atoms with E-state index in [0.29, 0.717) is 25.7 Å². The second-order valence-corrected chi connectivity index (χ2v) is 8.04. The Morgan fingerprint density at radius 3 is 2.70 bits per heavy atom. The third-order valence-corrected chi connectivity index (χ3v) is 6.65. The van der Waals surface area contributed by atoms with E-state index in [1.54, 1.807) is 4.90 Å². The minimum Gasteiger partial charge on any atom is -0.450 e. The lowest BCUT2D eigenvalue weighted by Gasteiger charge is -2.40. The van der Waals surface area contributed by atoms with Crippen LogP contribution in [0.15, 0.2) is 24.3 Å². The summed E-state index contributed by atoms with van der Waals surface area (Å²) in [6.45, 7) is 5.57. The predicted molar refractivity (Wildman–Crippen MR) is 104 cm³/mol. The van der Waals surface area contributed by atoms with Crippen LogP contribution in [0.5, 0.6) is 0 Å². The fraction of sp³-hybridized carbons (Fsp3) is 0.667. The number of aliphatic hydroxyl groups excluding tert-OH is 1. The summed E-state index contributed by atoms with van der Waals surface area (Å²) >= 11 is 0. The fourth-order valence-corrected chi connectivity index (χ4v) is 5.19. The molecule has 4 rings (SSSR count). The second-order valence-electron chi connectivity index (χ2n) is 8.04. The number of hydrogen-bond donors (Lipinski definition) is 3. The van der Waals surface area contributed by atoms with Crippen molar-refractivity contribution in [1.29, 1.82) is 0 Å². The number of nitrogens with zero attached hydrogens (tertiary/aromatic N) is 1. The Bertz CT molecular complexity index is 666. The molecule has 0 radical (unpaired) electrons. The Kier molecular flexibility index (Phi) is 5.39. The highest BCUT2D eigenvalue weighted by molar-refractivity contribution is 5.67. The van der Waals surface area contributed by atoms with Gasteiger partial charge in [0.1, 0.15) is 0 Å². The molecule has 2 atom stereocenters. The number of carbonyl (C=O) groups is 1. The van der Waals surface area contributed by atoms with Crippen molar-refractivity contribution in [3.8, 4) is 0 Å². The van der Waals surface area contributed by atoms with Crippen LogP contribution >= 0.6 is 0 Å². The van der Waals surface area contributed by atoms with Crippen LogP contribution < -0.4 is 10.6 Å². The van der Waals surface area contributed by atoms with Gasteiger partial charge in [-0.2, -0.15) is 0 Å². The van der Waals surface area contributed by atoms with Crippen molar-refractivity contribution in [3.63, 3.8) is 0 Å². The first-order chi connectivity index (χ1) is 13.2. The monoisotopic (exact) mass is 373 g/mol. The maximum absolute atomic E-state index is 11.9. The molecule has 1 aromatic carbocycles. The van der Waals surface area contributed by atoms with E-state index in [0.717, 1.165) is 38.8 Å². The van der Waals surface area contributed by atoms with Crippen molar-refractivity contribution in [1.82, 2.24) is 15.5 Å². The standard InChI is InChI=1S/C21H31N3O3/c1-2-27-20(26)24-13-7-15(8-14-24)23-18-16-5-3-4-6-17(16)21(19(18)25)9-11-22-12-10-21/h3-6,15,18-19,22-23,25H,2,7-14H2,1H3/t18-,19+/m1/s1. The first kappa shape index (κ1) is 18.7. The number of piperidine rings is 2. The van der Waals surface area contributed by atoms with Crippen LogP contribution in [0.2, 0.25) is 0 Å². The molecular formula is C21H31N3O3. The largest absolute Gasteiger partial charge is 0.450 e. The van der Waals surface area contributed by atoms with E-state index < -0.39 is 6.10 Å². The summed E-state index contributed by atoms with van der Waals surface area (Å²) in [6.07, 6.45) is 3.11. The molecule has 1 amide bonds.